The molecule has 0 unspecified atom stereocenters. The van der Waals surface area contributed by atoms with Gasteiger partial charge in [0.15, 0.2) is 0 Å². The van der Waals surface area contributed by atoms with Crippen LogP contribution >= 0.6 is 0 Å². The molecule has 0 saturated carbocycles. The van der Waals surface area contributed by atoms with Gasteiger partial charge in [-0.25, -0.2) is 0 Å². The Hall–Kier alpha value is -2.42. The Morgan fingerprint density at radius 3 is 2.78 bits per heavy atom. The Labute approximate surface area is 135 Å². The molecular weight excluding hydrogens is 284 g/mol. The van der Waals surface area contributed by atoms with Gasteiger partial charge >= 0.3 is 0 Å². The number of benzene rings is 1. The highest BCUT2D eigenvalue weighted by atomic mass is 16.1. The number of aromatic nitrogens is 2. The molecule has 3 heteroatoms. The molecule has 1 aliphatic heterocycles. The summed E-state index contributed by atoms with van der Waals surface area (Å²) >= 11 is 0. The van der Waals surface area contributed by atoms with Gasteiger partial charge in [0.1, 0.15) is 0 Å². The molecule has 0 bridgehead atoms. The van der Waals surface area contributed by atoms with Crippen molar-refractivity contribution in [3.05, 3.63) is 64.7 Å². The predicted octanol–water partition coefficient (Wildman–Crippen LogP) is 4.04. The normalized spacial score (nSPS) is 16.3. The van der Waals surface area contributed by atoms with Gasteiger partial charge in [-0.2, -0.15) is 0 Å². The molecule has 3 heterocycles. The van der Waals surface area contributed by atoms with Crippen LogP contribution in [0, 0.1) is 5.41 Å². The van der Waals surface area contributed by atoms with Crippen molar-refractivity contribution in [3.8, 4) is 11.3 Å². The second kappa shape index (κ2) is 5.05. The van der Waals surface area contributed by atoms with Crippen LogP contribution in [0.1, 0.15) is 26.0 Å². The van der Waals surface area contributed by atoms with E-state index in [1.165, 1.54) is 0 Å². The molecule has 0 saturated heterocycles. The van der Waals surface area contributed by atoms with Crippen molar-refractivity contribution in [2.24, 2.45) is 5.41 Å². The van der Waals surface area contributed by atoms with Crippen LogP contribution in [0.2, 0.25) is 0 Å². The standard InChI is InChI=1S/C20H20N2O/c1-20(2)8-10-22-16(13-20)12-15-11-14(6-7-17(15)19(22)23)18-5-3-4-9-21-18/h3-7,9,11-12H,8,10,13H2,1-2H3. The second-order valence-corrected chi connectivity index (χ2v) is 7.20. The van der Waals surface area contributed by atoms with Crippen LogP contribution in [0.5, 0.6) is 0 Å². The average Bonchev–Trinajstić information content (AvgIpc) is 2.54. The van der Waals surface area contributed by atoms with E-state index in [1.807, 2.05) is 34.9 Å². The SMILES string of the molecule is CC1(C)CCn2c(cc3cc(-c4ccccn4)ccc3c2=O)C1. The van der Waals surface area contributed by atoms with Gasteiger partial charge in [0.25, 0.3) is 5.56 Å². The lowest BCUT2D eigenvalue weighted by Gasteiger charge is -2.32. The lowest BCUT2D eigenvalue weighted by atomic mass is 9.81. The fourth-order valence-corrected chi connectivity index (χ4v) is 3.49. The van der Waals surface area contributed by atoms with Crippen LogP contribution in [0.15, 0.2) is 53.5 Å². The van der Waals surface area contributed by atoms with Gasteiger partial charge < -0.3 is 4.57 Å². The number of hydrogen-bond donors (Lipinski definition) is 0. The molecule has 0 spiro atoms. The minimum Gasteiger partial charge on any atom is -0.312 e. The van der Waals surface area contributed by atoms with Gasteiger partial charge in [0.2, 0.25) is 0 Å². The topological polar surface area (TPSA) is 34.9 Å². The van der Waals surface area contributed by atoms with E-state index in [-0.39, 0.29) is 11.0 Å². The van der Waals surface area contributed by atoms with Crippen molar-refractivity contribution in [1.29, 1.82) is 0 Å². The summed E-state index contributed by atoms with van der Waals surface area (Å²) in [6.45, 7) is 5.37. The molecule has 3 nitrogen and oxygen atoms in total. The van der Waals surface area contributed by atoms with Crippen molar-refractivity contribution < 1.29 is 0 Å². The lowest BCUT2D eigenvalue weighted by molar-refractivity contribution is 0.267. The highest BCUT2D eigenvalue weighted by Crippen LogP contribution is 2.32. The summed E-state index contributed by atoms with van der Waals surface area (Å²) in [4.78, 5) is 17.2. The van der Waals surface area contributed by atoms with E-state index in [4.69, 9.17) is 0 Å². The van der Waals surface area contributed by atoms with Crippen LogP contribution in [0.25, 0.3) is 22.0 Å². The molecule has 0 radical (unpaired) electrons. The van der Waals surface area contributed by atoms with E-state index < -0.39 is 0 Å². The average molecular weight is 304 g/mol. The van der Waals surface area contributed by atoms with Crippen LogP contribution in [-0.2, 0) is 13.0 Å². The van der Waals surface area contributed by atoms with Gasteiger partial charge in [-0.1, -0.05) is 26.0 Å². The molecule has 1 aliphatic rings. The number of rotatable bonds is 1. The van der Waals surface area contributed by atoms with Crippen molar-refractivity contribution in [2.45, 2.75) is 33.2 Å². The van der Waals surface area contributed by atoms with Gasteiger partial charge in [0.05, 0.1) is 5.69 Å². The maximum Gasteiger partial charge on any atom is 0.258 e. The molecule has 1 aromatic carbocycles. The first-order valence-electron chi connectivity index (χ1n) is 8.11. The van der Waals surface area contributed by atoms with E-state index in [1.54, 1.807) is 6.20 Å². The molecule has 0 aliphatic carbocycles. The Balaban J connectivity index is 1.91. The molecule has 0 atom stereocenters. The third-order valence-corrected chi connectivity index (χ3v) is 4.83. The highest BCUT2D eigenvalue weighted by Gasteiger charge is 2.26. The van der Waals surface area contributed by atoms with E-state index in [2.05, 4.69) is 31.0 Å². The Kier molecular flexibility index (Phi) is 3.12. The summed E-state index contributed by atoms with van der Waals surface area (Å²) in [6, 6.07) is 14.1. The molecule has 3 aromatic rings. The third-order valence-electron chi connectivity index (χ3n) is 4.83. The van der Waals surface area contributed by atoms with Crippen molar-refractivity contribution >= 4 is 10.8 Å². The van der Waals surface area contributed by atoms with Gasteiger partial charge in [0, 0.05) is 29.4 Å². The monoisotopic (exact) mass is 304 g/mol. The molecule has 0 N–H and O–H groups in total. The van der Waals surface area contributed by atoms with E-state index in [9.17, 15) is 4.79 Å². The summed E-state index contributed by atoms with van der Waals surface area (Å²) in [7, 11) is 0. The largest absolute Gasteiger partial charge is 0.312 e. The Morgan fingerprint density at radius 1 is 1.13 bits per heavy atom. The van der Waals surface area contributed by atoms with Crippen LogP contribution in [0.3, 0.4) is 0 Å². The molecule has 0 amide bonds. The number of pyridine rings is 2. The summed E-state index contributed by atoms with van der Waals surface area (Å²) in [5.41, 5.74) is 3.54. The third kappa shape index (κ3) is 2.46. The van der Waals surface area contributed by atoms with Crippen LogP contribution in [-0.4, -0.2) is 9.55 Å². The maximum absolute atomic E-state index is 12.8. The molecule has 4 rings (SSSR count). The highest BCUT2D eigenvalue weighted by molar-refractivity contribution is 5.86. The van der Waals surface area contributed by atoms with Crippen LogP contribution < -0.4 is 5.56 Å². The minimum atomic E-state index is 0.139. The molecular formula is C20H20N2O. The van der Waals surface area contributed by atoms with E-state index in [0.717, 1.165) is 47.1 Å². The smallest absolute Gasteiger partial charge is 0.258 e. The lowest BCUT2D eigenvalue weighted by Crippen LogP contribution is -2.33. The number of fused-ring (bicyclic) bond motifs is 2. The predicted molar refractivity (Wildman–Crippen MR) is 93.5 cm³/mol. The Bertz CT molecular complexity index is 939. The first-order chi connectivity index (χ1) is 11.0. The summed E-state index contributed by atoms with van der Waals surface area (Å²) in [6.07, 6.45) is 3.80. The van der Waals surface area contributed by atoms with Crippen molar-refractivity contribution in [1.82, 2.24) is 9.55 Å². The summed E-state index contributed by atoms with van der Waals surface area (Å²) in [5.74, 6) is 0. The molecule has 23 heavy (non-hydrogen) atoms. The zero-order chi connectivity index (χ0) is 16.0. The van der Waals surface area contributed by atoms with Gasteiger partial charge in [-0.15, -0.1) is 0 Å². The maximum atomic E-state index is 12.8. The van der Waals surface area contributed by atoms with E-state index >= 15 is 0 Å². The quantitative estimate of drug-likeness (QED) is 0.680. The second-order valence-electron chi connectivity index (χ2n) is 7.20. The molecule has 0 fully saturated rings. The van der Waals surface area contributed by atoms with Crippen molar-refractivity contribution in [2.75, 3.05) is 0 Å². The first kappa shape index (κ1) is 14.2. The van der Waals surface area contributed by atoms with Gasteiger partial charge in [-0.05, 0) is 54.0 Å². The summed E-state index contributed by atoms with van der Waals surface area (Å²) < 4.78 is 1.95. The van der Waals surface area contributed by atoms with Gasteiger partial charge in [-0.3, -0.25) is 9.78 Å². The fraction of sp³-hybridized carbons (Fsp3) is 0.300. The summed E-state index contributed by atoms with van der Waals surface area (Å²) in [5, 5.41) is 1.82. The zero-order valence-electron chi connectivity index (χ0n) is 13.5. The first-order valence-corrected chi connectivity index (χ1v) is 8.11. The number of nitrogens with zero attached hydrogens (tertiary/aromatic N) is 2. The minimum absolute atomic E-state index is 0.139. The zero-order valence-corrected chi connectivity index (χ0v) is 13.5. The van der Waals surface area contributed by atoms with E-state index in [0.29, 0.717) is 0 Å². The Morgan fingerprint density at radius 2 is 2.00 bits per heavy atom. The fourth-order valence-electron chi connectivity index (χ4n) is 3.49. The molecule has 116 valence electrons. The molecule has 2 aromatic heterocycles. The number of hydrogen-bond acceptors (Lipinski definition) is 2. The van der Waals surface area contributed by atoms with Crippen molar-refractivity contribution in [3.63, 3.8) is 0 Å². The van der Waals surface area contributed by atoms with Crippen LogP contribution in [0.4, 0.5) is 0 Å².